The first-order chi connectivity index (χ1) is 9.38. The van der Waals surface area contributed by atoms with Crippen LogP contribution in [0.2, 0.25) is 0 Å². The summed E-state index contributed by atoms with van der Waals surface area (Å²) >= 11 is 0. The van der Waals surface area contributed by atoms with E-state index in [1.54, 1.807) is 12.1 Å². The summed E-state index contributed by atoms with van der Waals surface area (Å²) in [5, 5.41) is 28.6. The van der Waals surface area contributed by atoms with Crippen LogP contribution in [0.5, 0.6) is 5.75 Å². The Labute approximate surface area is 114 Å². The number of amides is 1. The summed E-state index contributed by atoms with van der Waals surface area (Å²) in [6, 6.07) is 4.60. The molecule has 106 valence electrons. The van der Waals surface area contributed by atoms with Crippen molar-refractivity contribution < 1.29 is 29.7 Å². The number of benzene rings is 1. The molecule has 1 aromatic carbocycles. The Balaban J connectivity index is 2.66. The standard InChI is InChI=1S/C13H13NO6/c15-9-3-1-2-8(6-9)4-5-11(16)14-10(13(19)20)7-12(17)18/h1-6,10,15H,7H2,(H,14,16)(H,17,18)(H,19,20). The molecular formula is C13H13NO6. The molecule has 1 atom stereocenters. The molecular weight excluding hydrogens is 266 g/mol. The average Bonchev–Trinajstić information content (AvgIpc) is 2.35. The lowest BCUT2D eigenvalue weighted by Crippen LogP contribution is -2.41. The summed E-state index contributed by atoms with van der Waals surface area (Å²) < 4.78 is 0. The molecule has 0 bridgehead atoms. The maximum atomic E-state index is 11.5. The fourth-order valence-corrected chi connectivity index (χ4v) is 1.39. The average molecular weight is 279 g/mol. The highest BCUT2D eigenvalue weighted by atomic mass is 16.4. The van der Waals surface area contributed by atoms with Crippen molar-refractivity contribution in [2.75, 3.05) is 0 Å². The van der Waals surface area contributed by atoms with E-state index >= 15 is 0 Å². The summed E-state index contributed by atoms with van der Waals surface area (Å²) in [6.07, 6.45) is 1.72. The zero-order valence-electron chi connectivity index (χ0n) is 10.3. The van der Waals surface area contributed by atoms with Crippen LogP contribution in [0.25, 0.3) is 6.08 Å². The number of carbonyl (C=O) groups excluding carboxylic acids is 1. The Kier molecular flexibility index (Phi) is 5.28. The summed E-state index contributed by atoms with van der Waals surface area (Å²) in [7, 11) is 0. The van der Waals surface area contributed by atoms with Crippen molar-refractivity contribution in [3.63, 3.8) is 0 Å². The van der Waals surface area contributed by atoms with E-state index in [1.165, 1.54) is 18.2 Å². The van der Waals surface area contributed by atoms with E-state index in [0.717, 1.165) is 6.08 Å². The molecule has 0 fully saturated rings. The van der Waals surface area contributed by atoms with Crippen molar-refractivity contribution in [3.8, 4) is 5.75 Å². The quantitative estimate of drug-likeness (QED) is 0.560. The number of hydrogen-bond donors (Lipinski definition) is 4. The number of phenols is 1. The van der Waals surface area contributed by atoms with Gasteiger partial charge < -0.3 is 20.6 Å². The second-order valence-electron chi connectivity index (χ2n) is 3.93. The molecule has 7 heteroatoms. The molecule has 0 saturated carbocycles. The molecule has 1 amide bonds. The highest BCUT2D eigenvalue weighted by molar-refractivity contribution is 5.95. The van der Waals surface area contributed by atoms with Crippen LogP contribution in [-0.4, -0.2) is 39.2 Å². The summed E-state index contributed by atoms with van der Waals surface area (Å²) in [6.45, 7) is 0. The predicted octanol–water partition coefficient (Wildman–Crippen LogP) is 0.449. The largest absolute Gasteiger partial charge is 0.508 e. The minimum atomic E-state index is -1.49. The number of hydrogen-bond acceptors (Lipinski definition) is 4. The van der Waals surface area contributed by atoms with E-state index in [4.69, 9.17) is 10.2 Å². The van der Waals surface area contributed by atoms with Crippen molar-refractivity contribution in [2.24, 2.45) is 0 Å². The van der Waals surface area contributed by atoms with Gasteiger partial charge in [0.25, 0.3) is 0 Å². The number of carboxylic acids is 2. The summed E-state index contributed by atoms with van der Waals surface area (Å²) in [4.78, 5) is 32.7. The van der Waals surface area contributed by atoms with Crippen molar-refractivity contribution in [2.45, 2.75) is 12.5 Å². The number of carboxylic acid groups (broad SMARTS) is 2. The van der Waals surface area contributed by atoms with E-state index < -0.39 is 30.3 Å². The van der Waals surface area contributed by atoms with Crippen LogP contribution in [0.3, 0.4) is 0 Å². The van der Waals surface area contributed by atoms with Crippen molar-refractivity contribution >= 4 is 23.9 Å². The van der Waals surface area contributed by atoms with Gasteiger partial charge in [0.1, 0.15) is 11.8 Å². The van der Waals surface area contributed by atoms with Crippen LogP contribution in [0.15, 0.2) is 30.3 Å². The lowest BCUT2D eigenvalue weighted by Gasteiger charge is -2.10. The number of carbonyl (C=O) groups is 3. The fourth-order valence-electron chi connectivity index (χ4n) is 1.39. The number of aromatic hydroxyl groups is 1. The molecule has 0 radical (unpaired) electrons. The van der Waals surface area contributed by atoms with E-state index in [0.29, 0.717) is 5.56 Å². The maximum absolute atomic E-state index is 11.5. The molecule has 1 rings (SSSR count). The monoisotopic (exact) mass is 279 g/mol. The molecule has 0 aromatic heterocycles. The van der Waals surface area contributed by atoms with E-state index in [2.05, 4.69) is 5.32 Å². The molecule has 4 N–H and O–H groups in total. The second-order valence-corrected chi connectivity index (χ2v) is 3.93. The Hall–Kier alpha value is -2.83. The van der Waals surface area contributed by atoms with Crippen molar-refractivity contribution in [1.82, 2.24) is 5.32 Å². The van der Waals surface area contributed by atoms with Gasteiger partial charge in [0.2, 0.25) is 5.91 Å². The third kappa shape index (κ3) is 5.21. The molecule has 0 aliphatic rings. The van der Waals surface area contributed by atoms with Crippen LogP contribution in [0.4, 0.5) is 0 Å². The molecule has 0 aliphatic heterocycles. The lowest BCUT2D eigenvalue weighted by atomic mass is 10.2. The Bertz CT molecular complexity index is 552. The van der Waals surface area contributed by atoms with E-state index in [9.17, 15) is 19.5 Å². The number of rotatable bonds is 6. The Morgan fingerprint density at radius 1 is 1.25 bits per heavy atom. The number of aliphatic carboxylic acids is 2. The minimum Gasteiger partial charge on any atom is -0.508 e. The zero-order chi connectivity index (χ0) is 15.1. The van der Waals surface area contributed by atoms with Gasteiger partial charge in [-0.3, -0.25) is 9.59 Å². The van der Waals surface area contributed by atoms with E-state index in [-0.39, 0.29) is 5.75 Å². The Morgan fingerprint density at radius 2 is 1.95 bits per heavy atom. The fraction of sp³-hybridized carbons (Fsp3) is 0.154. The molecule has 0 saturated heterocycles. The van der Waals surface area contributed by atoms with Gasteiger partial charge in [0, 0.05) is 6.08 Å². The van der Waals surface area contributed by atoms with Gasteiger partial charge in [-0.05, 0) is 23.8 Å². The third-order valence-electron chi connectivity index (χ3n) is 2.29. The second kappa shape index (κ2) is 6.93. The van der Waals surface area contributed by atoms with Crippen molar-refractivity contribution in [3.05, 3.63) is 35.9 Å². The SMILES string of the molecule is O=C(O)CC(NC(=O)C=Cc1cccc(O)c1)C(=O)O. The Morgan fingerprint density at radius 3 is 2.50 bits per heavy atom. The van der Waals surface area contributed by atoms with Crippen molar-refractivity contribution in [1.29, 1.82) is 0 Å². The maximum Gasteiger partial charge on any atom is 0.326 e. The van der Waals surface area contributed by atoms with Crippen LogP contribution >= 0.6 is 0 Å². The predicted molar refractivity (Wildman–Crippen MR) is 69.0 cm³/mol. The highest BCUT2D eigenvalue weighted by Crippen LogP contribution is 2.11. The van der Waals surface area contributed by atoms with Crippen LogP contribution in [0, 0.1) is 0 Å². The van der Waals surface area contributed by atoms with Gasteiger partial charge in [-0.25, -0.2) is 4.79 Å². The number of phenolic OH excluding ortho intramolecular Hbond substituents is 1. The van der Waals surface area contributed by atoms with Crippen LogP contribution < -0.4 is 5.32 Å². The zero-order valence-corrected chi connectivity index (χ0v) is 10.3. The summed E-state index contributed by atoms with van der Waals surface area (Å²) in [5.41, 5.74) is 0.547. The lowest BCUT2D eigenvalue weighted by molar-refractivity contribution is -0.146. The molecule has 0 aliphatic carbocycles. The van der Waals surface area contributed by atoms with Crippen LogP contribution in [0.1, 0.15) is 12.0 Å². The molecule has 7 nitrogen and oxygen atoms in total. The molecule has 0 spiro atoms. The van der Waals surface area contributed by atoms with Gasteiger partial charge in [0.05, 0.1) is 6.42 Å². The molecule has 1 unspecified atom stereocenters. The number of nitrogens with one attached hydrogen (secondary N) is 1. The van der Waals surface area contributed by atoms with Gasteiger partial charge >= 0.3 is 11.9 Å². The minimum absolute atomic E-state index is 0.0295. The highest BCUT2D eigenvalue weighted by Gasteiger charge is 2.21. The normalized spacial score (nSPS) is 12.0. The molecule has 0 heterocycles. The first kappa shape index (κ1) is 15.2. The summed E-state index contributed by atoms with van der Waals surface area (Å²) in [5.74, 6) is -3.45. The first-order valence-electron chi connectivity index (χ1n) is 5.60. The molecule has 1 aromatic rings. The van der Waals surface area contributed by atoms with Gasteiger partial charge in [0.15, 0.2) is 0 Å². The topological polar surface area (TPSA) is 124 Å². The van der Waals surface area contributed by atoms with Gasteiger partial charge in [-0.2, -0.15) is 0 Å². The van der Waals surface area contributed by atoms with Crippen LogP contribution in [-0.2, 0) is 14.4 Å². The molecule has 20 heavy (non-hydrogen) atoms. The van der Waals surface area contributed by atoms with Gasteiger partial charge in [-0.1, -0.05) is 12.1 Å². The first-order valence-corrected chi connectivity index (χ1v) is 5.60. The van der Waals surface area contributed by atoms with Gasteiger partial charge in [-0.15, -0.1) is 0 Å². The van der Waals surface area contributed by atoms with E-state index in [1.807, 2.05) is 0 Å². The smallest absolute Gasteiger partial charge is 0.326 e. The third-order valence-corrected chi connectivity index (χ3v) is 2.29.